The molecule has 1 aliphatic rings. The van der Waals surface area contributed by atoms with E-state index in [0.29, 0.717) is 5.92 Å². The van der Waals surface area contributed by atoms with E-state index in [0.717, 1.165) is 28.1 Å². The Balaban J connectivity index is 2.10. The first-order valence-electron chi connectivity index (χ1n) is 6.88. The van der Waals surface area contributed by atoms with E-state index in [2.05, 4.69) is 22.5 Å². The summed E-state index contributed by atoms with van der Waals surface area (Å²) in [6, 6.07) is 3.90. The molecule has 0 aliphatic heterocycles. The molecule has 1 fully saturated rings. The summed E-state index contributed by atoms with van der Waals surface area (Å²) in [5, 5.41) is 0. The lowest BCUT2D eigenvalue weighted by molar-refractivity contribution is 0.201. The van der Waals surface area contributed by atoms with Crippen LogP contribution in [0.1, 0.15) is 37.7 Å². The van der Waals surface area contributed by atoms with Crippen LogP contribution in [0, 0.1) is 5.92 Å². The second kappa shape index (κ2) is 6.99. The van der Waals surface area contributed by atoms with Gasteiger partial charge in [0.05, 0.1) is 18.2 Å². The van der Waals surface area contributed by atoms with E-state index in [1.807, 2.05) is 18.2 Å². The number of halogens is 1. The van der Waals surface area contributed by atoms with Gasteiger partial charge in [0.25, 0.3) is 0 Å². The van der Waals surface area contributed by atoms with Gasteiger partial charge < -0.3 is 9.47 Å². The summed E-state index contributed by atoms with van der Waals surface area (Å²) < 4.78 is 12.3. The van der Waals surface area contributed by atoms with Crippen LogP contribution < -0.4 is 9.47 Å². The molecule has 19 heavy (non-hydrogen) atoms. The molecule has 0 heterocycles. The summed E-state index contributed by atoms with van der Waals surface area (Å²) in [4.78, 5) is 0. The Morgan fingerprint density at radius 3 is 2.68 bits per heavy atom. The highest BCUT2D eigenvalue weighted by molar-refractivity contribution is 9.10. The molecule has 2 nitrogen and oxygen atoms in total. The number of ether oxygens (including phenoxy) is 2. The number of methoxy groups -OCH3 is 1. The molecule has 0 atom stereocenters. The lowest BCUT2D eigenvalue weighted by atomic mass is 9.90. The number of hydrogen-bond acceptors (Lipinski definition) is 2. The maximum absolute atomic E-state index is 6.02. The quantitative estimate of drug-likeness (QED) is 0.753. The fourth-order valence-electron chi connectivity index (χ4n) is 2.56. The predicted octanol–water partition coefficient (Wildman–Crippen LogP) is 5.06. The molecule has 0 N–H and O–H groups in total. The van der Waals surface area contributed by atoms with E-state index in [9.17, 15) is 0 Å². The van der Waals surface area contributed by atoms with E-state index in [-0.39, 0.29) is 0 Å². The Labute approximate surface area is 123 Å². The topological polar surface area (TPSA) is 18.5 Å². The van der Waals surface area contributed by atoms with Crippen molar-refractivity contribution < 1.29 is 9.47 Å². The average molecular weight is 325 g/mol. The second-order valence-corrected chi connectivity index (χ2v) is 5.81. The summed E-state index contributed by atoms with van der Waals surface area (Å²) in [5.41, 5.74) is 1.03. The first-order chi connectivity index (χ1) is 9.26. The Morgan fingerprint density at radius 1 is 1.32 bits per heavy atom. The van der Waals surface area contributed by atoms with Crippen LogP contribution in [0.25, 0.3) is 6.08 Å². The largest absolute Gasteiger partial charge is 0.493 e. The summed E-state index contributed by atoms with van der Waals surface area (Å²) in [6.45, 7) is 4.59. The number of hydrogen-bond donors (Lipinski definition) is 0. The van der Waals surface area contributed by atoms with Crippen LogP contribution in [0.4, 0.5) is 0 Å². The van der Waals surface area contributed by atoms with Crippen LogP contribution in [0.15, 0.2) is 23.2 Å². The fraction of sp³-hybridized carbons (Fsp3) is 0.500. The third-order valence-electron chi connectivity index (χ3n) is 3.72. The molecular weight excluding hydrogens is 304 g/mol. The highest BCUT2D eigenvalue weighted by Crippen LogP contribution is 2.39. The molecule has 0 radical (unpaired) electrons. The zero-order valence-corrected chi connectivity index (χ0v) is 13.0. The van der Waals surface area contributed by atoms with Gasteiger partial charge in [-0.05, 0) is 52.4 Å². The van der Waals surface area contributed by atoms with Gasteiger partial charge in [0, 0.05) is 0 Å². The minimum Gasteiger partial charge on any atom is -0.493 e. The van der Waals surface area contributed by atoms with E-state index in [1.165, 1.54) is 32.1 Å². The molecule has 0 amide bonds. The van der Waals surface area contributed by atoms with Crippen LogP contribution in [-0.4, -0.2) is 13.7 Å². The lowest BCUT2D eigenvalue weighted by Crippen LogP contribution is -2.15. The Bertz CT molecular complexity index is 437. The SMILES string of the molecule is C=Cc1ccc(OC)c(OCC2CCCCC2)c1Br. The standard InChI is InChI=1S/C16H21BrO2/c1-3-13-9-10-14(18-2)16(15(13)17)19-11-12-7-5-4-6-8-12/h3,9-10,12H,1,4-8,11H2,2H3. The molecule has 0 bridgehead atoms. The van der Waals surface area contributed by atoms with Gasteiger partial charge in [0.2, 0.25) is 0 Å². The van der Waals surface area contributed by atoms with Crippen LogP contribution in [-0.2, 0) is 0 Å². The van der Waals surface area contributed by atoms with E-state index in [4.69, 9.17) is 9.47 Å². The van der Waals surface area contributed by atoms with Gasteiger partial charge in [-0.3, -0.25) is 0 Å². The summed E-state index contributed by atoms with van der Waals surface area (Å²) in [5.74, 6) is 2.25. The summed E-state index contributed by atoms with van der Waals surface area (Å²) >= 11 is 3.58. The van der Waals surface area contributed by atoms with Crippen molar-refractivity contribution in [2.45, 2.75) is 32.1 Å². The van der Waals surface area contributed by atoms with Crippen molar-refractivity contribution in [1.82, 2.24) is 0 Å². The highest BCUT2D eigenvalue weighted by atomic mass is 79.9. The lowest BCUT2D eigenvalue weighted by Gasteiger charge is -2.23. The van der Waals surface area contributed by atoms with Crippen LogP contribution in [0.3, 0.4) is 0 Å². The van der Waals surface area contributed by atoms with Gasteiger partial charge in [0.1, 0.15) is 0 Å². The van der Waals surface area contributed by atoms with Crippen LogP contribution in [0.2, 0.25) is 0 Å². The van der Waals surface area contributed by atoms with E-state index in [1.54, 1.807) is 7.11 Å². The maximum atomic E-state index is 6.02. The minimum absolute atomic E-state index is 0.678. The molecule has 1 aromatic carbocycles. The second-order valence-electron chi connectivity index (χ2n) is 5.02. The Hall–Kier alpha value is -0.960. The van der Waals surface area contributed by atoms with Gasteiger partial charge in [-0.1, -0.05) is 31.9 Å². The molecule has 1 aromatic rings. The normalized spacial score (nSPS) is 16.1. The molecule has 3 heteroatoms. The van der Waals surface area contributed by atoms with E-state index >= 15 is 0 Å². The molecule has 0 saturated heterocycles. The first kappa shape index (κ1) is 14.4. The van der Waals surface area contributed by atoms with Gasteiger partial charge in [0.15, 0.2) is 11.5 Å². The summed E-state index contributed by atoms with van der Waals surface area (Å²) in [7, 11) is 1.67. The molecule has 1 aliphatic carbocycles. The molecule has 104 valence electrons. The van der Waals surface area contributed by atoms with Gasteiger partial charge in [-0.25, -0.2) is 0 Å². The smallest absolute Gasteiger partial charge is 0.175 e. The van der Waals surface area contributed by atoms with Crippen molar-refractivity contribution in [3.8, 4) is 11.5 Å². The fourth-order valence-corrected chi connectivity index (χ4v) is 3.17. The van der Waals surface area contributed by atoms with Crippen LogP contribution in [0.5, 0.6) is 11.5 Å². The predicted molar refractivity (Wildman–Crippen MR) is 82.9 cm³/mol. The third-order valence-corrected chi connectivity index (χ3v) is 4.54. The number of benzene rings is 1. The molecule has 0 aromatic heterocycles. The maximum Gasteiger partial charge on any atom is 0.175 e. The van der Waals surface area contributed by atoms with Crippen molar-refractivity contribution in [3.05, 3.63) is 28.7 Å². The first-order valence-corrected chi connectivity index (χ1v) is 7.67. The highest BCUT2D eigenvalue weighted by Gasteiger charge is 2.17. The molecule has 1 saturated carbocycles. The Morgan fingerprint density at radius 2 is 2.05 bits per heavy atom. The summed E-state index contributed by atoms with van der Waals surface area (Å²) in [6.07, 6.45) is 8.41. The third kappa shape index (κ3) is 3.53. The zero-order valence-electron chi connectivity index (χ0n) is 11.5. The van der Waals surface area contributed by atoms with Gasteiger partial charge in [-0.2, -0.15) is 0 Å². The van der Waals surface area contributed by atoms with Crippen LogP contribution >= 0.6 is 15.9 Å². The van der Waals surface area contributed by atoms with Crippen molar-refractivity contribution in [2.24, 2.45) is 5.92 Å². The average Bonchev–Trinajstić information content (AvgIpc) is 2.46. The molecule has 0 unspecified atom stereocenters. The molecule has 0 spiro atoms. The number of rotatable bonds is 5. The Kier molecular flexibility index (Phi) is 5.32. The zero-order chi connectivity index (χ0) is 13.7. The molecule has 2 rings (SSSR count). The van der Waals surface area contributed by atoms with Gasteiger partial charge >= 0.3 is 0 Å². The van der Waals surface area contributed by atoms with Crippen molar-refractivity contribution in [2.75, 3.05) is 13.7 Å². The van der Waals surface area contributed by atoms with Crippen molar-refractivity contribution in [1.29, 1.82) is 0 Å². The van der Waals surface area contributed by atoms with E-state index < -0.39 is 0 Å². The van der Waals surface area contributed by atoms with Crippen molar-refractivity contribution >= 4 is 22.0 Å². The van der Waals surface area contributed by atoms with Gasteiger partial charge in [-0.15, -0.1) is 0 Å². The monoisotopic (exact) mass is 324 g/mol. The minimum atomic E-state index is 0.678. The van der Waals surface area contributed by atoms with Crippen molar-refractivity contribution in [3.63, 3.8) is 0 Å². The molecular formula is C16H21BrO2.